The Bertz CT molecular complexity index is 444. The van der Waals surface area contributed by atoms with Gasteiger partial charge in [-0.25, -0.2) is 0 Å². The second-order valence-electron chi connectivity index (χ2n) is 5.68. The maximum absolute atomic E-state index is 12.2. The van der Waals surface area contributed by atoms with Gasteiger partial charge in [-0.3, -0.25) is 4.79 Å². The number of nitrogens with zero attached hydrogens (tertiary/aromatic N) is 1. The summed E-state index contributed by atoms with van der Waals surface area (Å²) in [6.07, 6.45) is 4.26. The SMILES string of the molecule is Cc1ccc(OCCCC(=O)N2CCCCC2CO)cc1. The summed E-state index contributed by atoms with van der Waals surface area (Å²) in [5, 5.41) is 9.33. The lowest BCUT2D eigenvalue weighted by atomic mass is 10.0. The van der Waals surface area contributed by atoms with Gasteiger partial charge in [0.05, 0.1) is 19.3 Å². The lowest BCUT2D eigenvalue weighted by Gasteiger charge is -2.34. The van der Waals surface area contributed by atoms with Gasteiger partial charge < -0.3 is 14.7 Å². The molecule has 1 saturated heterocycles. The molecule has 2 rings (SSSR count). The lowest BCUT2D eigenvalue weighted by molar-refractivity contribution is -0.136. The van der Waals surface area contributed by atoms with Crippen molar-refractivity contribution in [2.24, 2.45) is 0 Å². The number of hydrogen-bond acceptors (Lipinski definition) is 3. The van der Waals surface area contributed by atoms with E-state index in [4.69, 9.17) is 4.74 Å². The van der Waals surface area contributed by atoms with E-state index < -0.39 is 0 Å². The highest BCUT2D eigenvalue weighted by Crippen LogP contribution is 2.18. The number of aliphatic hydroxyl groups excluding tert-OH is 1. The molecule has 0 spiro atoms. The molecule has 1 fully saturated rings. The molecule has 1 atom stereocenters. The molecule has 4 nitrogen and oxygen atoms in total. The van der Waals surface area contributed by atoms with Crippen LogP contribution in [0.15, 0.2) is 24.3 Å². The Morgan fingerprint density at radius 1 is 1.33 bits per heavy atom. The van der Waals surface area contributed by atoms with E-state index in [1.54, 1.807) is 0 Å². The van der Waals surface area contributed by atoms with Gasteiger partial charge in [-0.1, -0.05) is 17.7 Å². The number of benzene rings is 1. The van der Waals surface area contributed by atoms with Crippen molar-refractivity contribution < 1.29 is 14.6 Å². The van der Waals surface area contributed by atoms with E-state index in [2.05, 4.69) is 0 Å². The van der Waals surface area contributed by atoms with E-state index in [0.29, 0.717) is 19.4 Å². The van der Waals surface area contributed by atoms with E-state index in [9.17, 15) is 9.90 Å². The molecule has 116 valence electrons. The molecule has 0 aromatic heterocycles. The van der Waals surface area contributed by atoms with Gasteiger partial charge in [0, 0.05) is 13.0 Å². The molecule has 1 aromatic rings. The maximum Gasteiger partial charge on any atom is 0.223 e. The first kappa shape index (κ1) is 15.8. The van der Waals surface area contributed by atoms with Crippen molar-refractivity contribution in [3.63, 3.8) is 0 Å². The molecule has 1 amide bonds. The Morgan fingerprint density at radius 2 is 2.10 bits per heavy atom. The van der Waals surface area contributed by atoms with Crippen molar-refractivity contribution in [2.75, 3.05) is 19.8 Å². The normalized spacial score (nSPS) is 18.6. The van der Waals surface area contributed by atoms with Crippen molar-refractivity contribution in [3.8, 4) is 5.75 Å². The number of aryl methyl sites for hydroxylation is 1. The van der Waals surface area contributed by atoms with E-state index in [-0.39, 0.29) is 18.6 Å². The number of carbonyl (C=O) groups is 1. The fraction of sp³-hybridized carbons (Fsp3) is 0.588. The molecule has 0 saturated carbocycles. The third kappa shape index (κ3) is 4.74. The molecular formula is C17H25NO3. The molecule has 4 heteroatoms. The number of likely N-dealkylation sites (tertiary alicyclic amines) is 1. The molecule has 1 aromatic carbocycles. The van der Waals surface area contributed by atoms with Gasteiger partial charge in [0.15, 0.2) is 0 Å². The van der Waals surface area contributed by atoms with Crippen LogP contribution in [0.2, 0.25) is 0 Å². The molecular weight excluding hydrogens is 266 g/mol. The molecule has 0 radical (unpaired) electrons. The minimum atomic E-state index is 0.0178. The minimum absolute atomic E-state index is 0.0178. The van der Waals surface area contributed by atoms with E-state index in [0.717, 1.165) is 31.6 Å². The average Bonchev–Trinajstić information content (AvgIpc) is 2.53. The van der Waals surface area contributed by atoms with Crippen LogP contribution in [-0.4, -0.2) is 41.7 Å². The van der Waals surface area contributed by atoms with Crippen LogP contribution in [0.4, 0.5) is 0 Å². The standard InChI is InChI=1S/C17H25NO3/c1-14-7-9-16(10-8-14)21-12-4-6-17(20)18-11-3-2-5-15(18)13-19/h7-10,15,19H,2-6,11-13H2,1H3. The maximum atomic E-state index is 12.2. The summed E-state index contributed by atoms with van der Waals surface area (Å²) in [6, 6.07) is 7.94. The number of piperidine rings is 1. The van der Waals surface area contributed by atoms with Gasteiger partial charge >= 0.3 is 0 Å². The number of carbonyl (C=O) groups excluding carboxylic acids is 1. The smallest absolute Gasteiger partial charge is 0.223 e. The van der Waals surface area contributed by atoms with Crippen molar-refractivity contribution in [1.29, 1.82) is 0 Å². The Labute approximate surface area is 126 Å². The fourth-order valence-corrected chi connectivity index (χ4v) is 2.71. The molecule has 1 N–H and O–H groups in total. The van der Waals surface area contributed by atoms with E-state index >= 15 is 0 Å². The van der Waals surface area contributed by atoms with Crippen LogP contribution >= 0.6 is 0 Å². The summed E-state index contributed by atoms with van der Waals surface area (Å²) >= 11 is 0. The zero-order chi connectivity index (χ0) is 15.1. The van der Waals surface area contributed by atoms with Gasteiger partial charge in [-0.05, 0) is 44.7 Å². The van der Waals surface area contributed by atoms with Crippen molar-refractivity contribution in [1.82, 2.24) is 4.90 Å². The highest BCUT2D eigenvalue weighted by Gasteiger charge is 2.25. The van der Waals surface area contributed by atoms with Crippen LogP contribution < -0.4 is 4.74 Å². The van der Waals surface area contributed by atoms with Crippen molar-refractivity contribution in [2.45, 2.75) is 45.1 Å². The van der Waals surface area contributed by atoms with Gasteiger partial charge in [0.1, 0.15) is 5.75 Å². The highest BCUT2D eigenvalue weighted by molar-refractivity contribution is 5.76. The van der Waals surface area contributed by atoms with E-state index in [1.807, 2.05) is 36.1 Å². The van der Waals surface area contributed by atoms with Crippen LogP contribution in [0, 0.1) is 6.92 Å². The van der Waals surface area contributed by atoms with Gasteiger partial charge in [-0.2, -0.15) is 0 Å². The topological polar surface area (TPSA) is 49.8 Å². The molecule has 0 bridgehead atoms. The minimum Gasteiger partial charge on any atom is -0.494 e. The van der Waals surface area contributed by atoms with Crippen LogP contribution in [0.25, 0.3) is 0 Å². The molecule has 1 heterocycles. The number of aliphatic hydroxyl groups is 1. The quantitative estimate of drug-likeness (QED) is 0.819. The van der Waals surface area contributed by atoms with Crippen LogP contribution in [0.5, 0.6) is 5.75 Å². The molecule has 1 unspecified atom stereocenters. The predicted molar refractivity (Wildman–Crippen MR) is 82.3 cm³/mol. The van der Waals surface area contributed by atoms with E-state index in [1.165, 1.54) is 5.56 Å². The van der Waals surface area contributed by atoms with Gasteiger partial charge in [-0.15, -0.1) is 0 Å². The largest absolute Gasteiger partial charge is 0.494 e. The number of hydrogen-bond donors (Lipinski definition) is 1. The second-order valence-corrected chi connectivity index (χ2v) is 5.68. The van der Waals surface area contributed by atoms with Crippen LogP contribution in [0.1, 0.15) is 37.7 Å². The summed E-state index contributed by atoms with van der Waals surface area (Å²) in [5.41, 5.74) is 1.21. The Kier molecular flexibility index (Phi) is 6.05. The Balaban J connectivity index is 1.70. The van der Waals surface area contributed by atoms with Gasteiger partial charge in [0.25, 0.3) is 0 Å². The molecule has 1 aliphatic rings. The summed E-state index contributed by atoms with van der Waals surface area (Å²) in [7, 11) is 0. The van der Waals surface area contributed by atoms with Gasteiger partial charge in [0.2, 0.25) is 5.91 Å². The first-order valence-corrected chi connectivity index (χ1v) is 7.80. The summed E-state index contributed by atoms with van der Waals surface area (Å²) in [6.45, 7) is 3.44. The second kappa shape index (κ2) is 8.03. The zero-order valence-electron chi connectivity index (χ0n) is 12.8. The predicted octanol–water partition coefficient (Wildman–Crippen LogP) is 2.53. The number of amides is 1. The molecule has 0 aliphatic carbocycles. The van der Waals surface area contributed by atoms with Crippen molar-refractivity contribution in [3.05, 3.63) is 29.8 Å². The first-order chi connectivity index (χ1) is 10.2. The third-order valence-electron chi connectivity index (χ3n) is 3.98. The van der Waals surface area contributed by atoms with Crippen LogP contribution in [-0.2, 0) is 4.79 Å². The first-order valence-electron chi connectivity index (χ1n) is 7.80. The molecule has 1 aliphatic heterocycles. The Morgan fingerprint density at radius 3 is 2.81 bits per heavy atom. The summed E-state index contributed by atoms with van der Waals surface area (Å²) in [5.74, 6) is 0.987. The number of ether oxygens (including phenoxy) is 1. The van der Waals surface area contributed by atoms with Crippen LogP contribution in [0.3, 0.4) is 0 Å². The summed E-state index contributed by atoms with van der Waals surface area (Å²) < 4.78 is 5.63. The Hall–Kier alpha value is -1.55. The number of rotatable bonds is 6. The monoisotopic (exact) mass is 291 g/mol. The lowest BCUT2D eigenvalue weighted by Crippen LogP contribution is -2.45. The fourth-order valence-electron chi connectivity index (χ4n) is 2.71. The average molecular weight is 291 g/mol. The third-order valence-corrected chi connectivity index (χ3v) is 3.98. The van der Waals surface area contributed by atoms with Crippen molar-refractivity contribution >= 4 is 5.91 Å². The molecule has 21 heavy (non-hydrogen) atoms. The zero-order valence-corrected chi connectivity index (χ0v) is 12.8. The highest BCUT2D eigenvalue weighted by atomic mass is 16.5. The summed E-state index contributed by atoms with van der Waals surface area (Å²) in [4.78, 5) is 14.0.